The summed E-state index contributed by atoms with van der Waals surface area (Å²) in [6, 6.07) is 6.32. The summed E-state index contributed by atoms with van der Waals surface area (Å²) in [6.45, 7) is 0. The standard InChI is InChI=1S/C15H13BrFNOS/c16-12-8-9(17)4-5-13(12)18-15(19)11-2-1-3-14-10(11)6-7-20-14/h4-8,11H,1-3H2,(H,18,19). The minimum absolute atomic E-state index is 0.0170. The van der Waals surface area contributed by atoms with Gasteiger partial charge in [0.2, 0.25) is 5.91 Å². The zero-order valence-corrected chi connectivity index (χ0v) is 13.1. The first-order valence-corrected chi connectivity index (χ1v) is 8.14. The van der Waals surface area contributed by atoms with Gasteiger partial charge in [-0.1, -0.05) is 0 Å². The molecule has 2 nitrogen and oxygen atoms in total. The molecule has 0 aliphatic heterocycles. The zero-order valence-electron chi connectivity index (χ0n) is 10.7. The molecule has 1 N–H and O–H groups in total. The molecule has 2 aromatic rings. The van der Waals surface area contributed by atoms with Gasteiger partial charge in [0, 0.05) is 9.35 Å². The van der Waals surface area contributed by atoms with Crippen molar-refractivity contribution in [2.45, 2.75) is 25.2 Å². The molecular formula is C15H13BrFNOS. The van der Waals surface area contributed by atoms with E-state index in [9.17, 15) is 9.18 Å². The maximum absolute atomic E-state index is 13.1. The number of fused-ring (bicyclic) bond motifs is 1. The van der Waals surface area contributed by atoms with E-state index in [1.807, 2.05) is 11.4 Å². The van der Waals surface area contributed by atoms with Gasteiger partial charge < -0.3 is 5.32 Å². The third-order valence-corrected chi connectivity index (χ3v) is 5.21. The molecule has 0 radical (unpaired) electrons. The molecule has 5 heteroatoms. The van der Waals surface area contributed by atoms with E-state index in [4.69, 9.17) is 0 Å². The minimum Gasteiger partial charge on any atom is -0.325 e. The fraction of sp³-hybridized carbons (Fsp3) is 0.267. The summed E-state index contributed by atoms with van der Waals surface area (Å²) in [6.07, 6.45) is 2.97. The molecule has 1 amide bonds. The fourth-order valence-corrected chi connectivity index (χ4v) is 4.01. The van der Waals surface area contributed by atoms with E-state index in [1.54, 1.807) is 17.4 Å². The molecule has 1 aliphatic rings. The van der Waals surface area contributed by atoms with Gasteiger partial charge in [-0.15, -0.1) is 11.3 Å². The predicted octanol–water partition coefficient (Wildman–Crippen LogP) is 4.71. The number of aryl methyl sites for hydroxylation is 1. The molecule has 1 aromatic carbocycles. The second kappa shape index (κ2) is 5.66. The highest BCUT2D eigenvalue weighted by Gasteiger charge is 2.27. The normalized spacial score (nSPS) is 17.6. The van der Waals surface area contributed by atoms with Crippen LogP contribution in [0.3, 0.4) is 0 Å². The molecule has 0 saturated carbocycles. The van der Waals surface area contributed by atoms with E-state index < -0.39 is 0 Å². The molecule has 1 aromatic heterocycles. The lowest BCUT2D eigenvalue weighted by atomic mass is 9.87. The molecule has 1 atom stereocenters. The third-order valence-electron chi connectivity index (χ3n) is 3.56. The van der Waals surface area contributed by atoms with Gasteiger partial charge in [0.25, 0.3) is 0 Å². The van der Waals surface area contributed by atoms with Crippen LogP contribution in [-0.2, 0) is 11.2 Å². The number of anilines is 1. The number of halogens is 2. The minimum atomic E-state index is -0.326. The Kier molecular flexibility index (Phi) is 3.89. The summed E-state index contributed by atoms with van der Waals surface area (Å²) < 4.78 is 13.6. The number of hydrogen-bond acceptors (Lipinski definition) is 2. The SMILES string of the molecule is O=C(Nc1ccc(F)cc1Br)C1CCCc2sccc21. The van der Waals surface area contributed by atoms with E-state index in [0.717, 1.165) is 24.8 Å². The average Bonchev–Trinajstić information content (AvgIpc) is 2.90. The van der Waals surface area contributed by atoms with Gasteiger partial charge >= 0.3 is 0 Å². The summed E-state index contributed by atoms with van der Waals surface area (Å²) in [5, 5.41) is 4.94. The Morgan fingerprint density at radius 3 is 3.05 bits per heavy atom. The van der Waals surface area contributed by atoms with Crippen molar-refractivity contribution in [1.82, 2.24) is 0 Å². The first kappa shape index (κ1) is 13.8. The summed E-state index contributed by atoms with van der Waals surface area (Å²) in [5.74, 6) is -0.439. The summed E-state index contributed by atoms with van der Waals surface area (Å²) in [7, 11) is 0. The number of carbonyl (C=O) groups excluding carboxylic acids is 1. The maximum Gasteiger partial charge on any atom is 0.231 e. The molecule has 1 aliphatic carbocycles. The van der Waals surface area contributed by atoms with Gasteiger partial charge in [-0.25, -0.2) is 4.39 Å². The molecule has 104 valence electrons. The Balaban J connectivity index is 1.81. The van der Waals surface area contributed by atoms with Gasteiger partial charge in [0.15, 0.2) is 0 Å². The lowest BCUT2D eigenvalue weighted by Gasteiger charge is -2.22. The summed E-state index contributed by atoms with van der Waals surface area (Å²) >= 11 is 4.99. The van der Waals surface area contributed by atoms with Gasteiger partial charge in [-0.3, -0.25) is 4.79 Å². The van der Waals surface area contributed by atoms with Crippen molar-refractivity contribution in [2.75, 3.05) is 5.32 Å². The second-order valence-corrected chi connectivity index (χ2v) is 6.71. The van der Waals surface area contributed by atoms with Crippen LogP contribution in [0.25, 0.3) is 0 Å². The highest BCUT2D eigenvalue weighted by atomic mass is 79.9. The highest BCUT2D eigenvalue weighted by Crippen LogP contribution is 2.36. The van der Waals surface area contributed by atoms with Crippen molar-refractivity contribution in [3.63, 3.8) is 0 Å². The number of amides is 1. The van der Waals surface area contributed by atoms with Gasteiger partial charge in [-0.2, -0.15) is 0 Å². The van der Waals surface area contributed by atoms with Crippen molar-refractivity contribution < 1.29 is 9.18 Å². The van der Waals surface area contributed by atoms with Crippen LogP contribution in [0.1, 0.15) is 29.2 Å². The van der Waals surface area contributed by atoms with Crippen LogP contribution in [-0.4, -0.2) is 5.91 Å². The molecule has 0 spiro atoms. The number of benzene rings is 1. The van der Waals surface area contributed by atoms with Gasteiger partial charge in [-0.05, 0) is 70.4 Å². The number of hydrogen-bond donors (Lipinski definition) is 1. The number of thiophene rings is 1. The second-order valence-electron chi connectivity index (χ2n) is 4.86. The third kappa shape index (κ3) is 2.65. The molecule has 0 fully saturated rings. The molecule has 0 bridgehead atoms. The fourth-order valence-electron chi connectivity index (χ4n) is 2.57. The summed E-state index contributed by atoms with van der Waals surface area (Å²) in [4.78, 5) is 13.8. The zero-order chi connectivity index (χ0) is 14.1. The Morgan fingerprint density at radius 2 is 2.25 bits per heavy atom. The Labute approximate surface area is 129 Å². The molecule has 1 heterocycles. The Bertz CT molecular complexity index is 655. The smallest absolute Gasteiger partial charge is 0.231 e. The lowest BCUT2D eigenvalue weighted by Crippen LogP contribution is -2.24. The Morgan fingerprint density at radius 1 is 1.40 bits per heavy atom. The van der Waals surface area contributed by atoms with Crippen molar-refractivity contribution in [3.8, 4) is 0 Å². The van der Waals surface area contributed by atoms with Crippen LogP contribution >= 0.6 is 27.3 Å². The van der Waals surface area contributed by atoms with Crippen LogP contribution in [0.4, 0.5) is 10.1 Å². The quantitative estimate of drug-likeness (QED) is 0.832. The van der Waals surface area contributed by atoms with Crippen LogP contribution in [0.2, 0.25) is 0 Å². The largest absolute Gasteiger partial charge is 0.325 e. The van der Waals surface area contributed by atoms with Crippen LogP contribution in [0.5, 0.6) is 0 Å². The van der Waals surface area contributed by atoms with Crippen molar-refractivity contribution in [1.29, 1.82) is 0 Å². The van der Waals surface area contributed by atoms with Crippen LogP contribution in [0, 0.1) is 5.82 Å². The van der Waals surface area contributed by atoms with E-state index in [2.05, 4.69) is 21.2 Å². The van der Waals surface area contributed by atoms with Crippen molar-refractivity contribution >= 4 is 38.9 Å². The van der Waals surface area contributed by atoms with Crippen LogP contribution < -0.4 is 5.32 Å². The van der Waals surface area contributed by atoms with Gasteiger partial charge in [0.05, 0.1) is 11.6 Å². The van der Waals surface area contributed by atoms with Crippen molar-refractivity contribution in [3.05, 3.63) is 50.4 Å². The molecule has 3 rings (SSSR count). The molecule has 0 saturated heterocycles. The first-order valence-electron chi connectivity index (χ1n) is 6.47. The lowest BCUT2D eigenvalue weighted by molar-refractivity contribution is -0.117. The maximum atomic E-state index is 13.1. The highest BCUT2D eigenvalue weighted by molar-refractivity contribution is 9.10. The van der Waals surface area contributed by atoms with E-state index in [-0.39, 0.29) is 17.6 Å². The molecule has 1 unspecified atom stereocenters. The topological polar surface area (TPSA) is 29.1 Å². The average molecular weight is 354 g/mol. The van der Waals surface area contributed by atoms with Gasteiger partial charge in [0.1, 0.15) is 5.82 Å². The van der Waals surface area contributed by atoms with E-state index in [1.165, 1.54) is 17.0 Å². The first-order chi connectivity index (χ1) is 9.65. The predicted molar refractivity (Wildman–Crippen MR) is 82.7 cm³/mol. The number of carbonyl (C=O) groups is 1. The number of nitrogens with one attached hydrogen (secondary N) is 1. The van der Waals surface area contributed by atoms with E-state index >= 15 is 0 Å². The molecular weight excluding hydrogens is 341 g/mol. The Hall–Kier alpha value is -1.20. The summed E-state index contributed by atoms with van der Waals surface area (Å²) in [5.41, 5.74) is 1.76. The van der Waals surface area contributed by atoms with Crippen LogP contribution in [0.15, 0.2) is 34.1 Å². The molecule has 20 heavy (non-hydrogen) atoms. The van der Waals surface area contributed by atoms with E-state index in [0.29, 0.717) is 10.2 Å². The number of rotatable bonds is 2. The van der Waals surface area contributed by atoms with Crippen molar-refractivity contribution in [2.24, 2.45) is 0 Å². The monoisotopic (exact) mass is 353 g/mol.